The number of amides is 1. The van der Waals surface area contributed by atoms with Crippen LogP contribution in [0.4, 0.5) is 0 Å². The van der Waals surface area contributed by atoms with Gasteiger partial charge in [0.2, 0.25) is 0 Å². The molecule has 1 aliphatic rings. The molecule has 19 heavy (non-hydrogen) atoms. The molecule has 102 valence electrons. The summed E-state index contributed by atoms with van der Waals surface area (Å²) in [7, 11) is 0. The highest BCUT2D eigenvalue weighted by atomic mass is 16.5. The molecule has 0 aromatic heterocycles. The summed E-state index contributed by atoms with van der Waals surface area (Å²) in [5, 5.41) is 11.7. The third kappa shape index (κ3) is 2.93. The predicted octanol–water partition coefficient (Wildman–Crippen LogP) is 1.13. The Balaban J connectivity index is 2.08. The van der Waals surface area contributed by atoms with E-state index >= 15 is 0 Å². The summed E-state index contributed by atoms with van der Waals surface area (Å²) in [6, 6.07) is 4.95. The lowest BCUT2D eigenvalue weighted by molar-refractivity contribution is -0.142. The number of hydrogen-bond donors (Lipinski definition) is 2. The Hall–Kier alpha value is -1.88. The van der Waals surface area contributed by atoms with Gasteiger partial charge in [-0.3, -0.25) is 9.59 Å². The maximum absolute atomic E-state index is 12.1. The van der Waals surface area contributed by atoms with Gasteiger partial charge in [0.1, 0.15) is 5.92 Å². The van der Waals surface area contributed by atoms with E-state index in [-0.39, 0.29) is 19.1 Å². The molecule has 0 radical (unpaired) electrons. The number of carboxylic acid groups (broad SMARTS) is 1. The minimum atomic E-state index is -0.942. The number of carbonyl (C=O) groups is 2. The van der Waals surface area contributed by atoms with Crippen molar-refractivity contribution in [1.82, 2.24) is 5.32 Å². The van der Waals surface area contributed by atoms with E-state index < -0.39 is 17.9 Å². The maximum Gasteiger partial charge on any atom is 0.311 e. The summed E-state index contributed by atoms with van der Waals surface area (Å²) >= 11 is 0. The molecule has 1 aliphatic heterocycles. The van der Waals surface area contributed by atoms with Crippen molar-refractivity contribution in [3.05, 3.63) is 34.9 Å². The minimum absolute atomic E-state index is 0.146. The van der Waals surface area contributed by atoms with Crippen molar-refractivity contribution in [2.24, 2.45) is 5.92 Å². The van der Waals surface area contributed by atoms with Gasteiger partial charge in [0, 0.05) is 5.56 Å². The number of benzene rings is 1. The third-order valence-corrected chi connectivity index (χ3v) is 3.48. The molecular weight excluding hydrogens is 246 g/mol. The normalized spacial score (nSPS) is 22.2. The standard InChI is InChI=1S/C14H17NO4/c1-8-3-4-10(5-9(8)2)13(16)15-12-7-19-6-11(12)14(17)18/h3-5,11-12H,6-7H2,1-2H3,(H,15,16)(H,17,18). The van der Waals surface area contributed by atoms with E-state index in [0.29, 0.717) is 5.56 Å². The van der Waals surface area contributed by atoms with Crippen molar-refractivity contribution < 1.29 is 19.4 Å². The number of aryl methyl sites for hydroxylation is 2. The molecule has 1 aromatic rings. The van der Waals surface area contributed by atoms with Gasteiger partial charge in [0.25, 0.3) is 5.91 Å². The zero-order valence-corrected chi connectivity index (χ0v) is 11.0. The van der Waals surface area contributed by atoms with Gasteiger partial charge in [-0.1, -0.05) is 6.07 Å². The second-order valence-corrected chi connectivity index (χ2v) is 4.86. The van der Waals surface area contributed by atoms with Crippen LogP contribution in [0.25, 0.3) is 0 Å². The van der Waals surface area contributed by atoms with Crippen LogP contribution in [0.5, 0.6) is 0 Å². The van der Waals surface area contributed by atoms with Crippen LogP contribution in [-0.4, -0.2) is 36.2 Å². The second-order valence-electron chi connectivity index (χ2n) is 4.86. The van der Waals surface area contributed by atoms with Crippen molar-refractivity contribution in [3.8, 4) is 0 Å². The molecule has 0 saturated carbocycles. The van der Waals surface area contributed by atoms with Crippen LogP contribution in [0, 0.1) is 19.8 Å². The molecule has 0 bridgehead atoms. The van der Waals surface area contributed by atoms with Crippen LogP contribution in [0.15, 0.2) is 18.2 Å². The zero-order valence-electron chi connectivity index (χ0n) is 11.0. The Morgan fingerprint density at radius 1 is 1.26 bits per heavy atom. The van der Waals surface area contributed by atoms with Gasteiger partial charge in [0.05, 0.1) is 19.3 Å². The highest BCUT2D eigenvalue weighted by molar-refractivity contribution is 5.95. The summed E-state index contributed by atoms with van der Waals surface area (Å²) in [6.45, 7) is 4.30. The number of nitrogens with one attached hydrogen (secondary N) is 1. The largest absolute Gasteiger partial charge is 0.481 e. The van der Waals surface area contributed by atoms with Gasteiger partial charge in [-0.25, -0.2) is 0 Å². The Bertz CT molecular complexity index is 512. The summed E-state index contributed by atoms with van der Waals surface area (Å²) in [4.78, 5) is 23.1. The molecule has 1 aromatic carbocycles. The van der Waals surface area contributed by atoms with E-state index in [1.54, 1.807) is 12.1 Å². The van der Waals surface area contributed by atoms with Gasteiger partial charge >= 0.3 is 5.97 Å². The Morgan fingerprint density at radius 2 is 2.00 bits per heavy atom. The lowest BCUT2D eigenvalue weighted by Gasteiger charge is -2.16. The van der Waals surface area contributed by atoms with Crippen molar-refractivity contribution in [3.63, 3.8) is 0 Å². The quantitative estimate of drug-likeness (QED) is 0.857. The SMILES string of the molecule is Cc1ccc(C(=O)NC2COCC2C(=O)O)cc1C. The van der Waals surface area contributed by atoms with Crippen LogP contribution < -0.4 is 5.32 Å². The van der Waals surface area contributed by atoms with E-state index in [0.717, 1.165) is 11.1 Å². The molecule has 5 nitrogen and oxygen atoms in total. The first-order valence-corrected chi connectivity index (χ1v) is 6.17. The number of rotatable bonds is 3. The molecule has 2 rings (SSSR count). The van der Waals surface area contributed by atoms with Crippen LogP contribution in [-0.2, 0) is 9.53 Å². The van der Waals surface area contributed by atoms with Crippen molar-refractivity contribution in [1.29, 1.82) is 0 Å². The number of ether oxygens (including phenoxy) is 1. The smallest absolute Gasteiger partial charge is 0.311 e. The first kappa shape index (κ1) is 13.5. The fourth-order valence-corrected chi connectivity index (χ4v) is 2.07. The molecule has 5 heteroatoms. The van der Waals surface area contributed by atoms with E-state index in [9.17, 15) is 9.59 Å². The summed E-state index contributed by atoms with van der Waals surface area (Å²) in [6.07, 6.45) is 0. The number of carboxylic acids is 1. The Kier molecular flexibility index (Phi) is 3.85. The number of carbonyl (C=O) groups excluding carboxylic acids is 1. The van der Waals surface area contributed by atoms with Crippen molar-refractivity contribution in [2.45, 2.75) is 19.9 Å². The lowest BCUT2D eigenvalue weighted by atomic mass is 10.0. The first-order chi connectivity index (χ1) is 8.99. The van der Waals surface area contributed by atoms with Gasteiger partial charge in [-0.15, -0.1) is 0 Å². The molecule has 0 spiro atoms. The Labute approximate surface area is 111 Å². The molecule has 2 N–H and O–H groups in total. The van der Waals surface area contributed by atoms with E-state index in [1.807, 2.05) is 19.9 Å². The summed E-state index contributed by atoms with van der Waals surface area (Å²) in [5.41, 5.74) is 2.69. The first-order valence-electron chi connectivity index (χ1n) is 6.17. The minimum Gasteiger partial charge on any atom is -0.481 e. The molecular formula is C14H17NO4. The monoisotopic (exact) mass is 263 g/mol. The molecule has 0 aliphatic carbocycles. The molecule has 2 atom stereocenters. The third-order valence-electron chi connectivity index (χ3n) is 3.48. The van der Waals surface area contributed by atoms with Gasteiger partial charge in [-0.05, 0) is 37.1 Å². The zero-order chi connectivity index (χ0) is 14.0. The fourth-order valence-electron chi connectivity index (χ4n) is 2.07. The van der Waals surface area contributed by atoms with Gasteiger partial charge in [-0.2, -0.15) is 0 Å². The lowest BCUT2D eigenvalue weighted by Crippen LogP contribution is -2.42. The molecule has 1 fully saturated rings. The van der Waals surface area contributed by atoms with E-state index in [4.69, 9.17) is 9.84 Å². The summed E-state index contributed by atoms with van der Waals surface area (Å²) in [5.74, 6) is -1.87. The molecule has 1 heterocycles. The van der Waals surface area contributed by atoms with Crippen LogP contribution >= 0.6 is 0 Å². The van der Waals surface area contributed by atoms with Gasteiger partial charge < -0.3 is 15.2 Å². The number of hydrogen-bond acceptors (Lipinski definition) is 3. The fraction of sp³-hybridized carbons (Fsp3) is 0.429. The van der Waals surface area contributed by atoms with Crippen LogP contribution in [0.1, 0.15) is 21.5 Å². The predicted molar refractivity (Wildman–Crippen MR) is 69.1 cm³/mol. The van der Waals surface area contributed by atoms with Crippen LogP contribution in [0.2, 0.25) is 0 Å². The van der Waals surface area contributed by atoms with Crippen molar-refractivity contribution >= 4 is 11.9 Å². The van der Waals surface area contributed by atoms with Gasteiger partial charge in [0.15, 0.2) is 0 Å². The second kappa shape index (κ2) is 5.40. The maximum atomic E-state index is 12.1. The Morgan fingerprint density at radius 3 is 2.63 bits per heavy atom. The van der Waals surface area contributed by atoms with Crippen molar-refractivity contribution in [2.75, 3.05) is 13.2 Å². The molecule has 2 unspecified atom stereocenters. The average Bonchev–Trinajstić information content (AvgIpc) is 2.80. The highest BCUT2D eigenvalue weighted by Crippen LogP contribution is 2.15. The van der Waals surface area contributed by atoms with E-state index in [1.165, 1.54) is 0 Å². The molecule has 1 saturated heterocycles. The summed E-state index contributed by atoms with van der Waals surface area (Å²) < 4.78 is 5.12. The molecule has 1 amide bonds. The topological polar surface area (TPSA) is 75.6 Å². The van der Waals surface area contributed by atoms with Crippen LogP contribution in [0.3, 0.4) is 0 Å². The number of aliphatic carboxylic acids is 1. The highest BCUT2D eigenvalue weighted by Gasteiger charge is 2.35. The average molecular weight is 263 g/mol. The van der Waals surface area contributed by atoms with E-state index in [2.05, 4.69) is 5.32 Å².